The first-order valence-electron chi connectivity index (χ1n) is 6.54. The Morgan fingerprint density at radius 2 is 2.38 bits per heavy atom. The summed E-state index contributed by atoms with van der Waals surface area (Å²) in [6.07, 6.45) is 0.269. The second-order valence-electron chi connectivity index (χ2n) is 4.87. The molecule has 0 spiro atoms. The molecule has 1 aliphatic rings. The van der Waals surface area contributed by atoms with Gasteiger partial charge < -0.3 is 14.2 Å². The van der Waals surface area contributed by atoms with Crippen LogP contribution in [0.15, 0.2) is 28.8 Å². The van der Waals surface area contributed by atoms with Crippen molar-refractivity contribution in [3.05, 3.63) is 41.8 Å². The van der Waals surface area contributed by atoms with Crippen LogP contribution in [0.3, 0.4) is 0 Å². The van der Waals surface area contributed by atoms with Crippen LogP contribution in [0.5, 0.6) is 0 Å². The van der Waals surface area contributed by atoms with Crippen molar-refractivity contribution in [2.24, 2.45) is 0 Å². The summed E-state index contributed by atoms with van der Waals surface area (Å²) in [5.41, 5.74) is 0.541. The molecular weight excluding hydrogens is 277 g/mol. The molecule has 3 rings (SSSR count). The van der Waals surface area contributed by atoms with E-state index in [9.17, 15) is 9.18 Å². The number of halogens is 1. The van der Waals surface area contributed by atoms with E-state index in [1.807, 2.05) is 0 Å². The SMILES string of the molecule is COCc1noc([C@H]2CC(=O)N(c3cccc(F)c3)C2)n1. The molecule has 1 aromatic carbocycles. The predicted molar refractivity (Wildman–Crippen MR) is 71.1 cm³/mol. The summed E-state index contributed by atoms with van der Waals surface area (Å²) in [5.74, 6) is 0.221. The highest BCUT2D eigenvalue weighted by molar-refractivity contribution is 5.96. The third-order valence-corrected chi connectivity index (χ3v) is 3.35. The summed E-state index contributed by atoms with van der Waals surface area (Å²) in [4.78, 5) is 17.8. The number of nitrogens with zero attached hydrogens (tertiary/aromatic N) is 3. The number of methoxy groups -OCH3 is 1. The lowest BCUT2D eigenvalue weighted by Crippen LogP contribution is -2.24. The summed E-state index contributed by atoms with van der Waals surface area (Å²) < 4.78 is 23.4. The minimum Gasteiger partial charge on any atom is -0.377 e. The Morgan fingerprint density at radius 3 is 3.14 bits per heavy atom. The number of hydrogen-bond acceptors (Lipinski definition) is 5. The molecule has 0 N–H and O–H groups in total. The monoisotopic (exact) mass is 291 g/mol. The van der Waals surface area contributed by atoms with Crippen LogP contribution in [0, 0.1) is 5.82 Å². The molecular formula is C14H14FN3O3. The van der Waals surface area contributed by atoms with Crippen LogP contribution in [0.2, 0.25) is 0 Å². The van der Waals surface area contributed by atoms with E-state index in [1.165, 1.54) is 17.0 Å². The van der Waals surface area contributed by atoms with E-state index >= 15 is 0 Å². The van der Waals surface area contributed by atoms with Crippen molar-refractivity contribution in [3.8, 4) is 0 Å². The lowest BCUT2D eigenvalue weighted by Gasteiger charge is -2.15. The Bertz CT molecular complexity index is 658. The lowest BCUT2D eigenvalue weighted by atomic mass is 10.1. The van der Waals surface area contributed by atoms with Gasteiger partial charge in [0.15, 0.2) is 5.82 Å². The number of benzene rings is 1. The smallest absolute Gasteiger partial charge is 0.232 e. The molecule has 1 atom stereocenters. The zero-order valence-corrected chi connectivity index (χ0v) is 11.5. The minimum absolute atomic E-state index is 0.0860. The average molecular weight is 291 g/mol. The molecule has 21 heavy (non-hydrogen) atoms. The molecule has 0 aliphatic carbocycles. The number of hydrogen-bond donors (Lipinski definition) is 0. The molecule has 0 bridgehead atoms. The van der Waals surface area contributed by atoms with E-state index in [2.05, 4.69) is 10.1 Å². The predicted octanol–water partition coefficient (Wildman–Crippen LogP) is 1.88. The third kappa shape index (κ3) is 2.78. The van der Waals surface area contributed by atoms with E-state index in [0.717, 1.165) is 0 Å². The molecule has 0 unspecified atom stereocenters. The molecule has 1 amide bonds. The Balaban J connectivity index is 1.77. The number of carbonyl (C=O) groups is 1. The lowest BCUT2D eigenvalue weighted by molar-refractivity contribution is -0.117. The van der Waals surface area contributed by atoms with Crippen LogP contribution < -0.4 is 4.90 Å². The summed E-state index contributed by atoms with van der Waals surface area (Å²) in [6.45, 7) is 0.661. The number of ether oxygens (including phenoxy) is 1. The molecule has 1 aliphatic heterocycles. The minimum atomic E-state index is -0.371. The van der Waals surface area contributed by atoms with Gasteiger partial charge >= 0.3 is 0 Å². The largest absolute Gasteiger partial charge is 0.377 e. The van der Waals surface area contributed by atoms with Crippen LogP contribution in [0.4, 0.5) is 10.1 Å². The number of anilines is 1. The maximum Gasteiger partial charge on any atom is 0.232 e. The van der Waals surface area contributed by atoms with Gasteiger partial charge in [-0.25, -0.2) is 4.39 Å². The Labute approximate surface area is 120 Å². The van der Waals surface area contributed by atoms with Gasteiger partial charge in [-0.3, -0.25) is 4.79 Å². The maximum atomic E-state index is 13.3. The van der Waals surface area contributed by atoms with E-state index < -0.39 is 0 Å². The number of amides is 1. The maximum absolute atomic E-state index is 13.3. The van der Waals surface area contributed by atoms with Gasteiger partial charge in [-0.1, -0.05) is 11.2 Å². The summed E-state index contributed by atoms with van der Waals surface area (Å²) in [7, 11) is 1.54. The molecule has 1 fully saturated rings. The van der Waals surface area contributed by atoms with Gasteiger partial charge in [-0.05, 0) is 18.2 Å². The molecule has 2 aromatic rings. The highest BCUT2D eigenvalue weighted by Gasteiger charge is 2.35. The van der Waals surface area contributed by atoms with Gasteiger partial charge in [0.1, 0.15) is 12.4 Å². The highest BCUT2D eigenvalue weighted by Crippen LogP contribution is 2.31. The van der Waals surface area contributed by atoms with Crippen molar-refractivity contribution in [2.75, 3.05) is 18.6 Å². The molecule has 0 saturated carbocycles. The molecule has 2 heterocycles. The van der Waals surface area contributed by atoms with Gasteiger partial charge in [0.2, 0.25) is 11.8 Å². The van der Waals surface area contributed by atoms with Crippen LogP contribution >= 0.6 is 0 Å². The molecule has 1 aromatic heterocycles. The van der Waals surface area contributed by atoms with Crippen LogP contribution in [-0.4, -0.2) is 29.7 Å². The second kappa shape index (κ2) is 5.61. The van der Waals surface area contributed by atoms with Crippen molar-refractivity contribution < 1.29 is 18.4 Å². The zero-order valence-electron chi connectivity index (χ0n) is 11.5. The number of rotatable bonds is 4. The normalized spacial score (nSPS) is 18.5. The average Bonchev–Trinajstić information content (AvgIpc) is 3.06. The van der Waals surface area contributed by atoms with Crippen molar-refractivity contribution in [1.82, 2.24) is 10.1 Å². The van der Waals surface area contributed by atoms with Gasteiger partial charge in [-0.15, -0.1) is 0 Å². The number of carbonyl (C=O) groups excluding carboxylic acids is 1. The number of aromatic nitrogens is 2. The first-order valence-corrected chi connectivity index (χ1v) is 6.54. The molecule has 6 nitrogen and oxygen atoms in total. The van der Waals surface area contributed by atoms with Crippen molar-refractivity contribution in [2.45, 2.75) is 18.9 Å². The van der Waals surface area contributed by atoms with Crippen molar-refractivity contribution in [1.29, 1.82) is 0 Å². The first-order chi connectivity index (χ1) is 10.2. The second-order valence-corrected chi connectivity index (χ2v) is 4.87. The van der Waals surface area contributed by atoms with E-state index in [-0.39, 0.29) is 30.7 Å². The molecule has 7 heteroatoms. The quantitative estimate of drug-likeness (QED) is 0.860. The fourth-order valence-corrected chi connectivity index (χ4v) is 2.39. The van der Waals surface area contributed by atoms with Crippen LogP contribution in [-0.2, 0) is 16.1 Å². The summed E-state index contributed by atoms with van der Waals surface area (Å²) in [5, 5.41) is 3.79. The fourth-order valence-electron chi connectivity index (χ4n) is 2.39. The van der Waals surface area contributed by atoms with Gasteiger partial charge in [0.25, 0.3) is 0 Å². The Kier molecular flexibility index (Phi) is 3.66. The summed E-state index contributed by atoms with van der Waals surface area (Å²) in [6, 6.07) is 5.96. The third-order valence-electron chi connectivity index (χ3n) is 3.35. The Morgan fingerprint density at radius 1 is 1.52 bits per heavy atom. The van der Waals surface area contributed by atoms with Gasteiger partial charge in [-0.2, -0.15) is 4.98 Å². The van der Waals surface area contributed by atoms with Gasteiger partial charge in [0.05, 0.1) is 5.92 Å². The standard InChI is InChI=1S/C14H14FN3O3/c1-20-8-12-16-14(21-17-12)9-5-13(19)18(7-9)11-4-2-3-10(15)6-11/h2-4,6,9H,5,7-8H2,1H3/t9-/m0/s1. The topological polar surface area (TPSA) is 68.5 Å². The van der Waals surface area contributed by atoms with Crippen molar-refractivity contribution in [3.63, 3.8) is 0 Å². The van der Waals surface area contributed by atoms with Crippen molar-refractivity contribution >= 4 is 11.6 Å². The first kappa shape index (κ1) is 13.7. The van der Waals surface area contributed by atoms with E-state index in [0.29, 0.717) is 23.9 Å². The van der Waals surface area contributed by atoms with E-state index in [1.54, 1.807) is 19.2 Å². The summed E-state index contributed by atoms with van der Waals surface area (Å²) >= 11 is 0. The van der Waals surface area contributed by atoms with Crippen LogP contribution in [0.1, 0.15) is 24.1 Å². The van der Waals surface area contributed by atoms with Gasteiger partial charge in [0, 0.05) is 25.8 Å². The fraction of sp³-hybridized carbons (Fsp3) is 0.357. The molecule has 110 valence electrons. The Hall–Kier alpha value is -2.28. The molecule has 1 saturated heterocycles. The van der Waals surface area contributed by atoms with E-state index in [4.69, 9.17) is 9.26 Å². The van der Waals surface area contributed by atoms with Crippen LogP contribution in [0.25, 0.3) is 0 Å². The zero-order chi connectivity index (χ0) is 14.8. The highest BCUT2D eigenvalue weighted by atomic mass is 19.1. The molecule has 0 radical (unpaired) electrons.